The number of amides is 3. The van der Waals surface area contributed by atoms with Gasteiger partial charge in [-0.05, 0) is 51.8 Å². The van der Waals surface area contributed by atoms with Crippen molar-refractivity contribution in [2.24, 2.45) is 0 Å². The fourth-order valence-corrected chi connectivity index (χ4v) is 4.88. The number of likely N-dealkylation sites (tertiary alicyclic amines) is 1. The van der Waals surface area contributed by atoms with Gasteiger partial charge in [0.15, 0.2) is 0 Å². The van der Waals surface area contributed by atoms with Gasteiger partial charge in [0.1, 0.15) is 11.7 Å². The lowest BCUT2D eigenvalue weighted by Crippen LogP contribution is -2.47. The lowest BCUT2D eigenvalue weighted by atomic mass is 10.0. The molecule has 4 rings (SSSR count). The Kier molecular flexibility index (Phi) is 6.52. The molecule has 2 fully saturated rings. The van der Waals surface area contributed by atoms with Crippen LogP contribution < -0.4 is 15.5 Å². The highest BCUT2D eigenvalue weighted by Gasteiger charge is 2.35. The first-order chi connectivity index (χ1) is 15.2. The van der Waals surface area contributed by atoms with Crippen molar-refractivity contribution >= 4 is 41.2 Å². The fraction of sp³-hybridized carbons (Fsp3) is 0.591. The summed E-state index contributed by atoms with van der Waals surface area (Å²) in [5, 5.41) is 5.80. The summed E-state index contributed by atoms with van der Waals surface area (Å²) in [5.41, 5.74) is 0.949. The van der Waals surface area contributed by atoms with Crippen LogP contribution in [0.5, 0.6) is 0 Å². The number of nitrogens with zero attached hydrogens (tertiary/aromatic N) is 2. The summed E-state index contributed by atoms with van der Waals surface area (Å²) in [6.07, 6.45) is 0.678. The van der Waals surface area contributed by atoms with Gasteiger partial charge in [-0.3, -0.25) is 14.6 Å². The zero-order valence-corrected chi connectivity index (χ0v) is 19.5. The number of carbonyl (C=O) groups excluding carboxylic acids is 3. The summed E-state index contributed by atoms with van der Waals surface area (Å²) in [5.74, 6) is 0.371. The average Bonchev–Trinajstić information content (AvgIpc) is 3.07. The first-order valence-electron chi connectivity index (χ1n) is 10.9. The predicted molar refractivity (Wildman–Crippen MR) is 122 cm³/mol. The number of ether oxygens (including phenoxy) is 2. The molecular formula is C22H30N4O5S. The molecule has 3 heterocycles. The average molecular weight is 463 g/mol. The maximum Gasteiger partial charge on any atom is 0.414 e. The molecule has 32 heavy (non-hydrogen) atoms. The van der Waals surface area contributed by atoms with E-state index in [0.29, 0.717) is 18.8 Å². The Balaban J connectivity index is 1.26. The first kappa shape index (κ1) is 22.7. The summed E-state index contributed by atoms with van der Waals surface area (Å²) in [7, 11) is 0. The monoisotopic (exact) mass is 462 g/mol. The number of cyclic esters (lactones) is 1. The zero-order valence-electron chi connectivity index (χ0n) is 18.7. The Hall–Kier alpha value is -2.46. The summed E-state index contributed by atoms with van der Waals surface area (Å²) < 4.78 is 10.9. The van der Waals surface area contributed by atoms with E-state index >= 15 is 0 Å². The number of alkyl carbamates (subject to hydrolysis) is 1. The molecule has 3 aliphatic rings. The lowest BCUT2D eigenvalue weighted by Gasteiger charge is -2.33. The van der Waals surface area contributed by atoms with Gasteiger partial charge in [0.25, 0.3) is 0 Å². The van der Waals surface area contributed by atoms with Crippen molar-refractivity contribution in [3.8, 4) is 0 Å². The van der Waals surface area contributed by atoms with Gasteiger partial charge in [-0.1, -0.05) is 0 Å². The SMILES string of the molecule is CC(C)(C)OC(=O)NC1CCN(C[C@@H]2CN(c3ccc4c(c3)NC(=O)CS4)C(=O)O2)CC1. The highest BCUT2D eigenvalue weighted by Crippen LogP contribution is 2.35. The lowest BCUT2D eigenvalue weighted by molar-refractivity contribution is -0.113. The van der Waals surface area contributed by atoms with Gasteiger partial charge in [-0.15, -0.1) is 11.8 Å². The molecule has 2 saturated heterocycles. The minimum atomic E-state index is -0.508. The van der Waals surface area contributed by atoms with E-state index in [1.165, 1.54) is 11.8 Å². The van der Waals surface area contributed by atoms with Crippen molar-refractivity contribution in [1.82, 2.24) is 10.2 Å². The Morgan fingerprint density at radius 3 is 2.75 bits per heavy atom. The number of fused-ring (bicyclic) bond motifs is 1. The number of rotatable bonds is 4. The summed E-state index contributed by atoms with van der Waals surface area (Å²) in [6, 6.07) is 5.74. The number of hydrogen-bond donors (Lipinski definition) is 2. The largest absolute Gasteiger partial charge is 0.444 e. The summed E-state index contributed by atoms with van der Waals surface area (Å²) in [4.78, 5) is 41.0. The molecule has 0 aromatic heterocycles. The summed E-state index contributed by atoms with van der Waals surface area (Å²) in [6.45, 7) is 8.29. The highest BCUT2D eigenvalue weighted by molar-refractivity contribution is 8.00. The molecule has 174 valence electrons. The van der Waals surface area contributed by atoms with E-state index in [1.807, 2.05) is 39.0 Å². The van der Waals surface area contributed by atoms with Gasteiger partial charge in [-0.25, -0.2) is 9.59 Å². The van der Waals surface area contributed by atoms with E-state index in [1.54, 1.807) is 4.90 Å². The number of carbonyl (C=O) groups is 3. The molecule has 0 bridgehead atoms. The van der Waals surface area contributed by atoms with Gasteiger partial charge in [0.05, 0.1) is 18.0 Å². The third-order valence-electron chi connectivity index (χ3n) is 5.55. The van der Waals surface area contributed by atoms with Crippen LogP contribution in [0.15, 0.2) is 23.1 Å². The number of thioether (sulfide) groups is 1. The van der Waals surface area contributed by atoms with Gasteiger partial charge in [0, 0.05) is 36.3 Å². The van der Waals surface area contributed by atoms with Crippen LogP contribution in [0.25, 0.3) is 0 Å². The molecule has 0 aliphatic carbocycles. The third kappa shape index (κ3) is 5.66. The Bertz CT molecular complexity index is 895. The standard InChI is InChI=1S/C22H30N4O5S/c1-22(2,3)31-20(28)23-14-6-8-25(9-7-14)11-16-12-26(21(29)30-16)15-4-5-18-17(10-15)24-19(27)13-32-18/h4-5,10,14,16H,6-9,11-13H2,1-3H3,(H,23,28)(H,24,27)/t16-/m1/s1. The van der Waals surface area contributed by atoms with Gasteiger partial charge >= 0.3 is 12.2 Å². The zero-order chi connectivity index (χ0) is 22.9. The third-order valence-corrected chi connectivity index (χ3v) is 6.63. The normalized spacial score (nSPS) is 22.2. The quantitative estimate of drug-likeness (QED) is 0.709. The van der Waals surface area contributed by atoms with E-state index in [-0.39, 0.29) is 30.2 Å². The number of piperidine rings is 1. The van der Waals surface area contributed by atoms with Gasteiger partial charge in [-0.2, -0.15) is 0 Å². The van der Waals surface area contributed by atoms with Crippen molar-refractivity contribution < 1.29 is 23.9 Å². The van der Waals surface area contributed by atoms with Crippen LogP contribution in [0.4, 0.5) is 21.0 Å². The number of nitrogens with one attached hydrogen (secondary N) is 2. The first-order valence-corrected chi connectivity index (χ1v) is 11.9. The molecule has 1 atom stereocenters. The molecule has 0 saturated carbocycles. The molecule has 10 heteroatoms. The van der Waals surface area contributed by atoms with Crippen molar-refractivity contribution in [1.29, 1.82) is 0 Å². The molecule has 0 unspecified atom stereocenters. The van der Waals surface area contributed by atoms with Crippen LogP contribution in [-0.4, -0.2) is 72.7 Å². The van der Waals surface area contributed by atoms with Crippen molar-refractivity contribution in [3.63, 3.8) is 0 Å². The predicted octanol–water partition coefficient (Wildman–Crippen LogP) is 3.05. The van der Waals surface area contributed by atoms with Gasteiger partial charge < -0.3 is 20.1 Å². The van der Waals surface area contributed by atoms with Crippen LogP contribution in [0.3, 0.4) is 0 Å². The molecular weight excluding hydrogens is 432 g/mol. The van der Waals surface area contributed by atoms with Crippen LogP contribution in [-0.2, 0) is 14.3 Å². The fourth-order valence-electron chi connectivity index (χ4n) is 4.09. The van der Waals surface area contributed by atoms with Crippen LogP contribution >= 0.6 is 11.8 Å². The minimum Gasteiger partial charge on any atom is -0.444 e. The van der Waals surface area contributed by atoms with E-state index in [4.69, 9.17) is 9.47 Å². The second-order valence-electron chi connectivity index (χ2n) is 9.35. The highest BCUT2D eigenvalue weighted by atomic mass is 32.2. The second-order valence-corrected chi connectivity index (χ2v) is 10.4. The topological polar surface area (TPSA) is 100 Å². The molecule has 3 aliphatic heterocycles. The molecule has 0 spiro atoms. The molecule has 1 aromatic carbocycles. The molecule has 3 amide bonds. The molecule has 9 nitrogen and oxygen atoms in total. The maximum absolute atomic E-state index is 12.5. The minimum absolute atomic E-state index is 0.0360. The van der Waals surface area contributed by atoms with E-state index in [9.17, 15) is 14.4 Å². The second kappa shape index (κ2) is 9.19. The summed E-state index contributed by atoms with van der Waals surface area (Å²) >= 11 is 1.49. The van der Waals surface area contributed by atoms with E-state index < -0.39 is 5.60 Å². The van der Waals surface area contributed by atoms with Crippen molar-refractivity contribution in [3.05, 3.63) is 18.2 Å². The van der Waals surface area contributed by atoms with Gasteiger partial charge in [0.2, 0.25) is 5.91 Å². The smallest absolute Gasteiger partial charge is 0.414 e. The number of benzene rings is 1. The molecule has 0 radical (unpaired) electrons. The Morgan fingerprint density at radius 2 is 2.03 bits per heavy atom. The van der Waals surface area contributed by atoms with Crippen molar-refractivity contribution in [2.75, 3.05) is 42.1 Å². The van der Waals surface area contributed by atoms with Crippen LogP contribution in [0.1, 0.15) is 33.6 Å². The Labute approximate surface area is 192 Å². The van der Waals surface area contributed by atoms with Crippen LogP contribution in [0.2, 0.25) is 0 Å². The number of hydrogen-bond acceptors (Lipinski definition) is 7. The molecule has 2 N–H and O–H groups in total. The van der Waals surface area contributed by atoms with Crippen LogP contribution in [0, 0.1) is 0 Å². The molecule has 1 aromatic rings. The number of anilines is 2. The Morgan fingerprint density at radius 1 is 1.28 bits per heavy atom. The van der Waals surface area contributed by atoms with E-state index in [0.717, 1.165) is 42.2 Å². The van der Waals surface area contributed by atoms with E-state index in [2.05, 4.69) is 15.5 Å². The van der Waals surface area contributed by atoms with Crippen molar-refractivity contribution in [2.45, 2.75) is 56.3 Å². The maximum atomic E-state index is 12.5.